The molecule has 0 aromatic carbocycles. The van der Waals surface area contributed by atoms with E-state index < -0.39 is 83.8 Å². The molecule has 2 fully saturated rings. The molecular weight excluding hydrogens is 636 g/mol. The van der Waals surface area contributed by atoms with E-state index in [0.29, 0.717) is 0 Å². The van der Waals surface area contributed by atoms with E-state index in [1.807, 2.05) is 0 Å². The van der Waals surface area contributed by atoms with Crippen molar-refractivity contribution in [3.8, 4) is 0 Å². The van der Waals surface area contributed by atoms with Crippen LogP contribution in [0.15, 0.2) is 36.6 Å². The molecular formula is C21H29N7O14P2. The van der Waals surface area contributed by atoms with Gasteiger partial charge in [0.05, 0.1) is 26.1 Å². The van der Waals surface area contributed by atoms with Crippen LogP contribution in [-0.2, 0) is 36.8 Å². The predicted molar refractivity (Wildman–Crippen MR) is 142 cm³/mol. The Morgan fingerprint density at radius 2 is 1.55 bits per heavy atom. The SMILES string of the molecule is NC(=O)C1=CC=CN([C@@H]2O[C@H](COP(=O)(O)OP(=O)(O)OC[C@H]3O[C@@H](n4cnc5c(N)ncnc54)[C@H](O)[C@H]3O)[C@H](O)[C@H]2O)C1. The summed E-state index contributed by atoms with van der Waals surface area (Å²) < 4.78 is 50.9. The second kappa shape index (κ2) is 12.5. The summed E-state index contributed by atoms with van der Waals surface area (Å²) in [6, 6.07) is 0. The van der Waals surface area contributed by atoms with Gasteiger partial charge < -0.3 is 56.1 Å². The van der Waals surface area contributed by atoms with Crippen molar-refractivity contribution in [2.45, 2.75) is 49.1 Å². The van der Waals surface area contributed by atoms with Gasteiger partial charge in [-0.3, -0.25) is 18.4 Å². The number of aliphatic hydroxyl groups is 4. The molecule has 10 N–H and O–H groups in total. The van der Waals surface area contributed by atoms with Gasteiger partial charge in [-0.2, -0.15) is 4.31 Å². The van der Waals surface area contributed by atoms with Crippen LogP contribution in [0.2, 0.25) is 0 Å². The van der Waals surface area contributed by atoms with Crippen molar-refractivity contribution in [2.24, 2.45) is 5.73 Å². The molecule has 1 amide bonds. The van der Waals surface area contributed by atoms with Crippen molar-refractivity contribution < 1.29 is 67.0 Å². The molecule has 23 heteroatoms. The van der Waals surface area contributed by atoms with Crippen LogP contribution in [0, 0.1) is 0 Å². The van der Waals surface area contributed by atoms with Gasteiger partial charge in [0.25, 0.3) is 0 Å². The van der Waals surface area contributed by atoms with Crippen molar-refractivity contribution in [3.05, 3.63) is 36.6 Å². The van der Waals surface area contributed by atoms with Crippen LogP contribution in [0.4, 0.5) is 5.82 Å². The highest BCUT2D eigenvalue weighted by atomic mass is 31.3. The monoisotopic (exact) mass is 665 g/mol. The molecule has 0 spiro atoms. The normalized spacial score (nSPS) is 33.3. The number of nitrogens with zero attached hydrogens (tertiary/aromatic N) is 5. The molecule has 21 nitrogen and oxygen atoms in total. The van der Waals surface area contributed by atoms with Crippen molar-refractivity contribution in [1.29, 1.82) is 0 Å². The summed E-state index contributed by atoms with van der Waals surface area (Å²) in [5.41, 5.74) is 11.6. The maximum atomic E-state index is 12.4. The van der Waals surface area contributed by atoms with Crippen molar-refractivity contribution in [1.82, 2.24) is 24.4 Å². The van der Waals surface area contributed by atoms with Crippen LogP contribution >= 0.6 is 15.6 Å². The van der Waals surface area contributed by atoms with E-state index in [0.717, 1.165) is 6.33 Å². The lowest BCUT2D eigenvalue weighted by Gasteiger charge is -2.31. The number of fused-ring (bicyclic) bond motifs is 1. The van der Waals surface area contributed by atoms with Gasteiger partial charge >= 0.3 is 15.6 Å². The van der Waals surface area contributed by atoms with E-state index in [9.17, 15) is 44.1 Å². The molecule has 0 saturated carbocycles. The van der Waals surface area contributed by atoms with E-state index in [1.165, 1.54) is 34.1 Å². The second-order valence-electron chi connectivity index (χ2n) is 9.86. The summed E-state index contributed by atoms with van der Waals surface area (Å²) in [6.45, 7) is -1.83. The first kappa shape index (κ1) is 32.5. The van der Waals surface area contributed by atoms with Gasteiger partial charge in [0.1, 0.15) is 48.5 Å². The van der Waals surface area contributed by atoms with Gasteiger partial charge in [0, 0.05) is 11.8 Å². The minimum atomic E-state index is -5.36. The third kappa shape index (κ3) is 6.70. The van der Waals surface area contributed by atoms with Crippen LogP contribution in [0.25, 0.3) is 11.2 Å². The van der Waals surface area contributed by atoms with Gasteiger partial charge in [-0.05, 0) is 6.08 Å². The molecule has 242 valence electrons. The van der Waals surface area contributed by atoms with Crippen LogP contribution in [0.3, 0.4) is 0 Å². The molecule has 3 aliphatic heterocycles. The third-order valence-electron chi connectivity index (χ3n) is 6.92. The lowest BCUT2D eigenvalue weighted by molar-refractivity contribution is -0.115. The number of allylic oxidation sites excluding steroid dienone is 2. The lowest BCUT2D eigenvalue weighted by atomic mass is 10.1. The number of imidazole rings is 1. The number of nitrogen functional groups attached to an aromatic ring is 1. The molecule has 10 atom stereocenters. The summed E-state index contributed by atoms with van der Waals surface area (Å²) in [4.78, 5) is 44.7. The highest BCUT2D eigenvalue weighted by molar-refractivity contribution is 7.61. The Bertz CT molecular complexity index is 1560. The number of aromatic nitrogens is 4. The summed E-state index contributed by atoms with van der Waals surface area (Å²) >= 11 is 0. The fourth-order valence-electron chi connectivity index (χ4n) is 4.71. The quantitative estimate of drug-likeness (QED) is 0.111. The van der Waals surface area contributed by atoms with Crippen molar-refractivity contribution in [3.63, 3.8) is 0 Å². The van der Waals surface area contributed by atoms with Gasteiger partial charge in [0.15, 0.2) is 23.9 Å². The van der Waals surface area contributed by atoms with Crippen LogP contribution in [0.5, 0.6) is 0 Å². The average Bonchev–Trinajstić information content (AvgIpc) is 3.61. The molecule has 2 aromatic heterocycles. The number of anilines is 1. The first-order valence-electron chi connectivity index (χ1n) is 12.7. The average molecular weight is 665 g/mol. The Morgan fingerprint density at radius 3 is 2.16 bits per heavy atom. The number of phosphoric acid groups is 2. The molecule has 5 rings (SSSR count). The molecule has 0 bridgehead atoms. The number of hydrogen-bond donors (Lipinski definition) is 8. The number of aliphatic hydroxyl groups excluding tert-OH is 4. The summed E-state index contributed by atoms with van der Waals surface area (Å²) in [6.07, 6.45) is -4.98. The predicted octanol–water partition coefficient (Wildman–Crippen LogP) is -3.03. The summed E-state index contributed by atoms with van der Waals surface area (Å²) in [5.74, 6) is -0.658. The Morgan fingerprint density at radius 1 is 0.955 bits per heavy atom. The molecule has 3 aliphatic rings. The van der Waals surface area contributed by atoms with E-state index in [-0.39, 0.29) is 29.1 Å². The van der Waals surface area contributed by atoms with Crippen molar-refractivity contribution in [2.75, 3.05) is 25.5 Å². The summed E-state index contributed by atoms with van der Waals surface area (Å²) in [5, 5.41) is 41.7. The maximum Gasteiger partial charge on any atom is 0.481 e. The number of phosphoric ester groups is 2. The standard InChI is InChI=1S/C21H29N7O14P2/c22-17-12-19(25-7-24-17)28(8-26-12)21-16(32)14(30)11(41-21)6-39-44(36,37)42-43(34,35)38-5-10-13(29)15(31)20(40-10)27-3-1-2-9(4-27)18(23)33/h1-3,7-8,10-11,13-16,20-21,29-32H,4-6H2,(H2,23,33)(H,34,35)(H,36,37)(H2,22,24,25)/t10-,11-,13+,14+,15-,16-,20-,21-/m1/s1. The number of carbonyl (C=O) groups excluding carboxylic acids is 1. The van der Waals surface area contributed by atoms with Crippen LogP contribution < -0.4 is 11.5 Å². The van der Waals surface area contributed by atoms with E-state index >= 15 is 0 Å². The van der Waals surface area contributed by atoms with Gasteiger partial charge in [-0.15, -0.1) is 0 Å². The first-order chi connectivity index (χ1) is 20.7. The molecule has 2 aromatic rings. The summed E-state index contributed by atoms with van der Waals surface area (Å²) in [7, 11) is -10.7. The Labute approximate surface area is 247 Å². The number of amides is 1. The molecule has 44 heavy (non-hydrogen) atoms. The minimum Gasteiger partial charge on any atom is -0.387 e. The number of nitrogens with two attached hydrogens (primary N) is 2. The first-order valence-corrected chi connectivity index (χ1v) is 15.7. The number of ether oxygens (including phenoxy) is 2. The topological polar surface area (TPSA) is 318 Å². The molecule has 0 radical (unpaired) electrons. The lowest BCUT2D eigenvalue weighted by Crippen LogP contribution is -2.43. The molecule has 5 heterocycles. The third-order valence-corrected chi connectivity index (χ3v) is 9.52. The van der Waals surface area contributed by atoms with E-state index in [4.69, 9.17) is 30.0 Å². The zero-order valence-corrected chi connectivity index (χ0v) is 24.2. The fourth-order valence-corrected chi connectivity index (χ4v) is 6.80. The Hall–Kier alpha value is -2.88. The smallest absolute Gasteiger partial charge is 0.387 e. The van der Waals surface area contributed by atoms with Crippen LogP contribution in [0.1, 0.15) is 6.23 Å². The number of carbonyl (C=O) groups is 1. The molecule has 2 unspecified atom stereocenters. The Balaban J connectivity index is 1.14. The van der Waals surface area contributed by atoms with Crippen LogP contribution in [-0.4, -0.2) is 123 Å². The largest absolute Gasteiger partial charge is 0.481 e. The second-order valence-corrected chi connectivity index (χ2v) is 12.9. The zero-order valence-electron chi connectivity index (χ0n) is 22.4. The highest BCUT2D eigenvalue weighted by Gasteiger charge is 2.48. The van der Waals surface area contributed by atoms with Gasteiger partial charge in [-0.1, -0.05) is 6.08 Å². The number of rotatable bonds is 11. The molecule has 0 aliphatic carbocycles. The van der Waals surface area contributed by atoms with Gasteiger partial charge in [0.2, 0.25) is 5.91 Å². The van der Waals surface area contributed by atoms with Crippen molar-refractivity contribution >= 4 is 38.5 Å². The van der Waals surface area contributed by atoms with E-state index in [1.54, 1.807) is 0 Å². The molecule has 2 saturated heterocycles. The van der Waals surface area contributed by atoms with E-state index in [2.05, 4.69) is 19.3 Å². The fraction of sp³-hybridized carbons (Fsp3) is 0.524. The highest BCUT2D eigenvalue weighted by Crippen LogP contribution is 2.60. The maximum absolute atomic E-state index is 12.4. The zero-order chi connectivity index (χ0) is 32.0. The number of hydrogen-bond acceptors (Lipinski definition) is 17. The minimum absolute atomic E-state index is 0.0519. The van der Waals surface area contributed by atoms with Gasteiger partial charge in [-0.25, -0.2) is 24.1 Å². The Kier molecular flexibility index (Phi) is 9.23. The number of primary amides is 1.